The van der Waals surface area contributed by atoms with Crippen molar-refractivity contribution in [3.63, 3.8) is 0 Å². The summed E-state index contributed by atoms with van der Waals surface area (Å²) >= 11 is 0. The molecular weight excluding hydrogens is 180 g/mol. The Bertz CT molecular complexity index is 141. The Balaban J connectivity index is 3.57. The molecule has 0 bridgehead atoms. The zero-order valence-corrected chi connectivity index (χ0v) is 9.43. The summed E-state index contributed by atoms with van der Waals surface area (Å²) in [5, 5.41) is 15.7. The fourth-order valence-electron chi connectivity index (χ4n) is 0.877. The Morgan fingerprint density at radius 1 is 1.00 bits per heavy atom. The van der Waals surface area contributed by atoms with Crippen LogP contribution in [0.5, 0.6) is 0 Å². The van der Waals surface area contributed by atoms with Crippen molar-refractivity contribution in [2.75, 3.05) is 26.2 Å². The number of nitrogens with two attached hydrogens (primary N) is 2. The largest absolute Gasteiger partial charge is 0.375 e. The van der Waals surface area contributed by atoms with E-state index in [1.807, 2.05) is 13.8 Å². The molecule has 0 spiro atoms. The first-order chi connectivity index (χ1) is 6.33. The molecule has 5 nitrogen and oxygen atoms in total. The minimum atomic E-state index is -0.978. The first-order valence-corrected chi connectivity index (χ1v) is 4.95. The number of hydrogen-bond donors (Lipinski definition) is 5. The van der Waals surface area contributed by atoms with Crippen molar-refractivity contribution in [1.82, 2.24) is 10.6 Å². The molecule has 0 radical (unpaired) electrons. The van der Waals surface area contributed by atoms with Crippen molar-refractivity contribution >= 4 is 0 Å². The molecule has 0 aromatic rings. The summed E-state index contributed by atoms with van der Waals surface area (Å²) in [6, 6.07) is 0. The van der Waals surface area contributed by atoms with E-state index in [4.69, 9.17) is 11.5 Å². The topological polar surface area (TPSA) is 96.3 Å². The summed E-state index contributed by atoms with van der Waals surface area (Å²) in [6.45, 7) is 7.92. The van der Waals surface area contributed by atoms with Crippen molar-refractivity contribution in [1.29, 1.82) is 0 Å². The normalized spacial score (nSPS) is 16.7. The molecule has 1 unspecified atom stereocenters. The fourth-order valence-corrected chi connectivity index (χ4v) is 0.877. The standard InChI is InChI=1S/C9H24N4O/c1-8(2,6-10)12-4-5-13-9(3,14)7-11/h12-14H,4-7,10-11H2,1-3H3. The van der Waals surface area contributed by atoms with Crippen LogP contribution in [0.2, 0.25) is 0 Å². The predicted molar refractivity (Wildman–Crippen MR) is 58.8 cm³/mol. The molecular formula is C9H24N4O. The molecule has 0 heterocycles. The smallest absolute Gasteiger partial charge is 0.125 e. The van der Waals surface area contributed by atoms with Crippen molar-refractivity contribution in [3.05, 3.63) is 0 Å². The second-order valence-electron chi connectivity index (χ2n) is 4.42. The van der Waals surface area contributed by atoms with Crippen LogP contribution in [0.15, 0.2) is 0 Å². The zero-order chi connectivity index (χ0) is 11.2. The molecule has 0 aliphatic heterocycles. The lowest BCUT2D eigenvalue weighted by Crippen LogP contribution is -2.53. The third kappa shape index (κ3) is 6.28. The minimum Gasteiger partial charge on any atom is -0.375 e. The van der Waals surface area contributed by atoms with Crippen LogP contribution in [0.4, 0.5) is 0 Å². The molecule has 0 fully saturated rings. The summed E-state index contributed by atoms with van der Waals surface area (Å²) in [5.74, 6) is 0. The van der Waals surface area contributed by atoms with Gasteiger partial charge in [0, 0.05) is 31.7 Å². The number of rotatable bonds is 7. The third-order valence-electron chi connectivity index (χ3n) is 2.14. The summed E-state index contributed by atoms with van der Waals surface area (Å²) in [7, 11) is 0. The van der Waals surface area contributed by atoms with Gasteiger partial charge in [-0.15, -0.1) is 0 Å². The maximum Gasteiger partial charge on any atom is 0.125 e. The van der Waals surface area contributed by atoms with Gasteiger partial charge in [-0.1, -0.05) is 0 Å². The molecule has 0 saturated carbocycles. The quantitative estimate of drug-likeness (QED) is 0.259. The lowest BCUT2D eigenvalue weighted by molar-refractivity contribution is 0.0333. The molecule has 0 aliphatic rings. The van der Waals surface area contributed by atoms with E-state index in [9.17, 15) is 5.11 Å². The highest BCUT2D eigenvalue weighted by atomic mass is 16.3. The van der Waals surface area contributed by atoms with Crippen LogP contribution in [0.25, 0.3) is 0 Å². The van der Waals surface area contributed by atoms with Gasteiger partial charge in [0.2, 0.25) is 0 Å². The van der Waals surface area contributed by atoms with E-state index in [-0.39, 0.29) is 12.1 Å². The van der Waals surface area contributed by atoms with E-state index in [1.165, 1.54) is 0 Å². The number of aliphatic hydroxyl groups is 1. The van der Waals surface area contributed by atoms with Gasteiger partial charge in [-0.2, -0.15) is 0 Å². The fraction of sp³-hybridized carbons (Fsp3) is 1.00. The van der Waals surface area contributed by atoms with Crippen LogP contribution in [-0.2, 0) is 0 Å². The molecule has 0 amide bonds. The van der Waals surface area contributed by atoms with Crippen LogP contribution in [0.1, 0.15) is 20.8 Å². The van der Waals surface area contributed by atoms with Gasteiger partial charge in [0.05, 0.1) is 0 Å². The summed E-state index contributed by atoms with van der Waals surface area (Å²) < 4.78 is 0. The predicted octanol–water partition coefficient (Wildman–Crippen LogP) is -1.43. The maximum atomic E-state index is 9.52. The third-order valence-corrected chi connectivity index (χ3v) is 2.14. The molecule has 0 saturated heterocycles. The zero-order valence-electron chi connectivity index (χ0n) is 9.43. The average molecular weight is 204 g/mol. The van der Waals surface area contributed by atoms with Gasteiger partial charge in [-0.3, -0.25) is 5.32 Å². The van der Waals surface area contributed by atoms with Crippen molar-refractivity contribution in [3.8, 4) is 0 Å². The molecule has 86 valence electrons. The molecule has 0 aliphatic carbocycles. The number of nitrogens with one attached hydrogen (secondary N) is 2. The Morgan fingerprint density at radius 3 is 1.93 bits per heavy atom. The van der Waals surface area contributed by atoms with Gasteiger partial charge >= 0.3 is 0 Å². The highest BCUT2D eigenvalue weighted by Crippen LogP contribution is 1.97. The molecule has 7 N–H and O–H groups in total. The molecule has 0 rings (SSSR count). The van der Waals surface area contributed by atoms with Gasteiger partial charge < -0.3 is 21.9 Å². The van der Waals surface area contributed by atoms with Crippen molar-refractivity contribution in [2.45, 2.75) is 32.0 Å². The summed E-state index contributed by atoms with van der Waals surface area (Å²) in [4.78, 5) is 0. The first kappa shape index (κ1) is 13.8. The first-order valence-electron chi connectivity index (χ1n) is 4.95. The van der Waals surface area contributed by atoms with Crippen LogP contribution in [-0.4, -0.2) is 42.5 Å². The molecule has 0 aromatic carbocycles. The van der Waals surface area contributed by atoms with Gasteiger partial charge in [0.15, 0.2) is 0 Å². The monoisotopic (exact) mass is 204 g/mol. The van der Waals surface area contributed by atoms with Crippen molar-refractivity contribution in [2.24, 2.45) is 11.5 Å². The van der Waals surface area contributed by atoms with E-state index in [2.05, 4.69) is 10.6 Å². The lowest BCUT2D eigenvalue weighted by atomic mass is 10.1. The van der Waals surface area contributed by atoms with Crippen molar-refractivity contribution < 1.29 is 5.11 Å². The Hall–Kier alpha value is -0.200. The second kappa shape index (κ2) is 5.63. The van der Waals surface area contributed by atoms with E-state index >= 15 is 0 Å². The van der Waals surface area contributed by atoms with Crippen LogP contribution >= 0.6 is 0 Å². The summed E-state index contributed by atoms with van der Waals surface area (Å²) in [6.07, 6.45) is 0. The minimum absolute atomic E-state index is 0.0593. The Labute approximate surface area is 86.2 Å². The highest BCUT2D eigenvalue weighted by molar-refractivity contribution is 4.79. The van der Waals surface area contributed by atoms with Gasteiger partial charge in [-0.25, -0.2) is 0 Å². The molecule has 14 heavy (non-hydrogen) atoms. The highest BCUT2D eigenvalue weighted by Gasteiger charge is 2.17. The molecule has 5 heteroatoms. The SMILES string of the molecule is CC(C)(CN)NCCNC(C)(O)CN. The number of hydrogen-bond acceptors (Lipinski definition) is 5. The Kier molecular flexibility index (Phi) is 5.54. The van der Waals surface area contributed by atoms with E-state index in [0.717, 1.165) is 6.54 Å². The van der Waals surface area contributed by atoms with Crippen LogP contribution in [0, 0.1) is 0 Å². The van der Waals surface area contributed by atoms with E-state index in [0.29, 0.717) is 13.1 Å². The Morgan fingerprint density at radius 2 is 1.50 bits per heavy atom. The average Bonchev–Trinajstić information content (AvgIpc) is 2.13. The maximum absolute atomic E-state index is 9.52. The summed E-state index contributed by atoms with van der Waals surface area (Å²) in [5.41, 5.74) is 9.86. The van der Waals surface area contributed by atoms with Crippen LogP contribution < -0.4 is 22.1 Å². The van der Waals surface area contributed by atoms with Gasteiger partial charge in [-0.05, 0) is 20.8 Å². The molecule has 1 atom stereocenters. The lowest BCUT2D eigenvalue weighted by Gasteiger charge is -2.27. The second-order valence-corrected chi connectivity index (χ2v) is 4.42. The molecule has 0 aromatic heterocycles. The van der Waals surface area contributed by atoms with E-state index in [1.54, 1.807) is 6.92 Å². The van der Waals surface area contributed by atoms with Gasteiger partial charge in [0.25, 0.3) is 0 Å². The van der Waals surface area contributed by atoms with Crippen LogP contribution in [0.3, 0.4) is 0 Å². The van der Waals surface area contributed by atoms with E-state index < -0.39 is 5.72 Å². The van der Waals surface area contributed by atoms with Gasteiger partial charge in [0.1, 0.15) is 5.72 Å².